The highest BCUT2D eigenvalue weighted by Crippen LogP contribution is 2.62. The Balaban J connectivity index is 2.09. The van der Waals surface area contributed by atoms with Gasteiger partial charge in [0.2, 0.25) is 5.91 Å². The molecule has 19 heavy (non-hydrogen) atoms. The molecule has 1 N–H and O–H groups in total. The summed E-state index contributed by atoms with van der Waals surface area (Å²) in [5.41, 5.74) is -0.515. The van der Waals surface area contributed by atoms with Crippen LogP contribution in [-0.4, -0.2) is 11.9 Å². The maximum absolute atomic E-state index is 12.6. The fourth-order valence-electron chi connectivity index (χ4n) is 3.55. The third-order valence-electron chi connectivity index (χ3n) is 5.90. The summed E-state index contributed by atoms with van der Waals surface area (Å²) < 4.78 is 0. The SMILES string of the molecule is CC1(C)C(NC(=O)C2(C#N)CCCCCC2)C1(C)C. The van der Waals surface area contributed by atoms with Gasteiger partial charge in [0.25, 0.3) is 0 Å². The topological polar surface area (TPSA) is 52.9 Å². The van der Waals surface area contributed by atoms with Crippen molar-refractivity contribution in [3.05, 3.63) is 0 Å². The third kappa shape index (κ3) is 2.16. The van der Waals surface area contributed by atoms with Crippen LogP contribution in [0, 0.1) is 27.6 Å². The van der Waals surface area contributed by atoms with E-state index in [1.165, 1.54) is 0 Å². The lowest BCUT2D eigenvalue weighted by Gasteiger charge is -2.24. The molecule has 0 aromatic carbocycles. The molecular weight excluding hydrogens is 236 g/mol. The number of amides is 1. The van der Waals surface area contributed by atoms with E-state index in [-0.39, 0.29) is 22.8 Å². The Morgan fingerprint density at radius 1 is 1.05 bits per heavy atom. The van der Waals surface area contributed by atoms with E-state index in [0.717, 1.165) is 38.5 Å². The van der Waals surface area contributed by atoms with Crippen molar-refractivity contribution in [2.24, 2.45) is 16.2 Å². The van der Waals surface area contributed by atoms with E-state index in [9.17, 15) is 10.1 Å². The van der Waals surface area contributed by atoms with Gasteiger partial charge in [0.15, 0.2) is 0 Å². The van der Waals surface area contributed by atoms with Crippen LogP contribution >= 0.6 is 0 Å². The lowest BCUT2D eigenvalue weighted by molar-refractivity contribution is -0.129. The van der Waals surface area contributed by atoms with Crippen molar-refractivity contribution in [3.63, 3.8) is 0 Å². The summed E-state index contributed by atoms with van der Waals surface area (Å²) in [5, 5.41) is 12.7. The second kappa shape index (κ2) is 4.51. The van der Waals surface area contributed by atoms with Crippen LogP contribution in [0.25, 0.3) is 0 Å². The van der Waals surface area contributed by atoms with Crippen LogP contribution in [0.15, 0.2) is 0 Å². The second-order valence-corrected chi connectivity index (χ2v) is 7.46. The maximum atomic E-state index is 12.6. The molecule has 2 rings (SSSR count). The van der Waals surface area contributed by atoms with Gasteiger partial charge < -0.3 is 5.32 Å². The fourth-order valence-corrected chi connectivity index (χ4v) is 3.55. The quantitative estimate of drug-likeness (QED) is 0.775. The Kier molecular flexibility index (Phi) is 3.41. The minimum atomic E-state index is -0.773. The molecule has 2 fully saturated rings. The van der Waals surface area contributed by atoms with E-state index in [0.29, 0.717) is 0 Å². The monoisotopic (exact) mass is 262 g/mol. The lowest BCUT2D eigenvalue weighted by atomic mass is 9.81. The zero-order chi connectivity index (χ0) is 14.3. The number of carbonyl (C=O) groups is 1. The van der Waals surface area contributed by atoms with Crippen molar-refractivity contribution in [3.8, 4) is 6.07 Å². The summed E-state index contributed by atoms with van der Waals surface area (Å²) in [6, 6.07) is 2.53. The zero-order valence-electron chi connectivity index (χ0n) is 12.7. The van der Waals surface area contributed by atoms with E-state index >= 15 is 0 Å². The predicted octanol–water partition coefficient (Wildman–Crippen LogP) is 3.40. The summed E-state index contributed by atoms with van der Waals surface area (Å²) in [5.74, 6) is -0.0273. The van der Waals surface area contributed by atoms with Gasteiger partial charge in [-0.1, -0.05) is 53.4 Å². The van der Waals surface area contributed by atoms with Crippen molar-refractivity contribution < 1.29 is 4.79 Å². The molecule has 3 nitrogen and oxygen atoms in total. The number of nitriles is 1. The highest BCUT2D eigenvalue weighted by molar-refractivity contribution is 5.86. The smallest absolute Gasteiger partial charge is 0.240 e. The summed E-state index contributed by atoms with van der Waals surface area (Å²) in [6.45, 7) is 8.74. The van der Waals surface area contributed by atoms with Gasteiger partial charge in [0.1, 0.15) is 5.41 Å². The van der Waals surface area contributed by atoms with Gasteiger partial charge in [-0.2, -0.15) is 5.26 Å². The van der Waals surface area contributed by atoms with Crippen LogP contribution in [0.5, 0.6) is 0 Å². The number of hydrogen-bond acceptors (Lipinski definition) is 2. The summed E-state index contributed by atoms with van der Waals surface area (Å²) in [4.78, 5) is 12.6. The van der Waals surface area contributed by atoms with E-state index in [1.54, 1.807) is 0 Å². The van der Waals surface area contributed by atoms with Gasteiger partial charge >= 0.3 is 0 Å². The van der Waals surface area contributed by atoms with Crippen LogP contribution in [0.2, 0.25) is 0 Å². The molecular formula is C16H26N2O. The van der Waals surface area contributed by atoms with E-state index in [2.05, 4.69) is 39.1 Å². The number of nitrogens with one attached hydrogen (secondary N) is 1. The van der Waals surface area contributed by atoms with Gasteiger partial charge in [0.05, 0.1) is 6.07 Å². The molecule has 0 aromatic rings. The van der Waals surface area contributed by atoms with E-state index in [4.69, 9.17) is 0 Å². The first-order chi connectivity index (χ1) is 8.78. The minimum absolute atomic E-state index is 0.0273. The molecule has 0 bridgehead atoms. The van der Waals surface area contributed by atoms with Gasteiger partial charge in [-0.3, -0.25) is 4.79 Å². The molecule has 0 atom stereocenters. The lowest BCUT2D eigenvalue weighted by Crippen LogP contribution is -2.42. The molecule has 106 valence electrons. The molecule has 2 aliphatic rings. The largest absolute Gasteiger partial charge is 0.351 e. The molecule has 2 saturated carbocycles. The van der Waals surface area contributed by atoms with Crippen LogP contribution < -0.4 is 5.32 Å². The molecule has 0 aliphatic heterocycles. The minimum Gasteiger partial charge on any atom is -0.351 e. The number of carbonyl (C=O) groups excluding carboxylic acids is 1. The molecule has 2 aliphatic carbocycles. The molecule has 0 unspecified atom stereocenters. The van der Waals surface area contributed by atoms with Crippen LogP contribution in [0.1, 0.15) is 66.2 Å². The van der Waals surface area contributed by atoms with Gasteiger partial charge in [-0.15, -0.1) is 0 Å². The van der Waals surface area contributed by atoms with E-state index in [1.807, 2.05) is 0 Å². The molecule has 1 amide bonds. The molecule has 0 heterocycles. The van der Waals surface area contributed by atoms with Crippen molar-refractivity contribution in [2.75, 3.05) is 0 Å². The zero-order valence-corrected chi connectivity index (χ0v) is 12.7. The first-order valence-corrected chi connectivity index (χ1v) is 7.50. The Labute approximate surface area is 116 Å². The third-order valence-corrected chi connectivity index (χ3v) is 5.90. The summed E-state index contributed by atoms with van der Waals surface area (Å²) in [6.07, 6.45) is 5.75. The molecule has 0 saturated heterocycles. The fraction of sp³-hybridized carbons (Fsp3) is 0.875. The van der Waals surface area contributed by atoms with Gasteiger partial charge in [-0.05, 0) is 23.7 Å². The van der Waals surface area contributed by atoms with Crippen LogP contribution in [0.4, 0.5) is 0 Å². The maximum Gasteiger partial charge on any atom is 0.240 e. The Morgan fingerprint density at radius 2 is 1.53 bits per heavy atom. The average molecular weight is 262 g/mol. The average Bonchev–Trinajstić information content (AvgIpc) is 2.88. The van der Waals surface area contributed by atoms with Crippen molar-refractivity contribution in [1.29, 1.82) is 5.26 Å². The molecule has 0 spiro atoms. The Hall–Kier alpha value is -1.04. The number of hydrogen-bond donors (Lipinski definition) is 1. The van der Waals surface area contributed by atoms with Gasteiger partial charge in [0, 0.05) is 6.04 Å². The first kappa shape index (κ1) is 14.4. The Morgan fingerprint density at radius 3 is 1.89 bits per heavy atom. The highest BCUT2D eigenvalue weighted by atomic mass is 16.2. The Bertz CT molecular complexity index is 395. The van der Waals surface area contributed by atoms with E-state index < -0.39 is 5.41 Å². The van der Waals surface area contributed by atoms with Gasteiger partial charge in [-0.25, -0.2) is 0 Å². The van der Waals surface area contributed by atoms with Crippen LogP contribution in [0.3, 0.4) is 0 Å². The first-order valence-electron chi connectivity index (χ1n) is 7.50. The molecule has 0 radical (unpaired) electrons. The second-order valence-electron chi connectivity index (χ2n) is 7.46. The summed E-state index contributed by atoms with van der Waals surface area (Å²) in [7, 11) is 0. The normalized spacial score (nSPS) is 27.9. The van der Waals surface area contributed by atoms with Crippen molar-refractivity contribution in [1.82, 2.24) is 5.32 Å². The summed E-state index contributed by atoms with van der Waals surface area (Å²) >= 11 is 0. The predicted molar refractivity (Wildman–Crippen MR) is 75.2 cm³/mol. The van der Waals surface area contributed by atoms with Crippen LogP contribution in [-0.2, 0) is 4.79 Å². The van der Waals surface area contributed by atoms with Crippen molar-refractivity contribution >= 4 is 5.91 Å². The number of rotatable bonds is 2. The highest BCUT2D eigenvalue weighted by Gasteiger charge is 2.66. The number of nitrogens with zero attached hydrogens (tertiary/aromatic N) is 1. The standard InChI is InChI=1S/C16H26N2O/c1-14(2)12(15(14,3)4)18-13(19)16(11-17)9-7-5-6-8-10-16/h12H,5-10H2,1-4H3,(H,18,19). The molecule has 3 heteroatoms. The molecule has 0 aromatic heterocycles. The van der Waals surface area contributed by atoms with Crippen molar-refractivity contribution in [2.45, 2.75) is 72.3 Å².